The van der Waals surface area contributed by atoms with E-state index in [0.717, 1.165) is 12.8 Å². The third-order valence-corrected chi connectivity index (χ3v) is 3.69. The summed E-state index contributed by atoms with van der Waals surface area (Å²) in [5, 5.41) is 0. The molecule has 0 aromatic carbocycles. The van der Waals surface area contributed by atoms with Crippen LogP contribution in [-0.4, -0.2) is 42.8 Å². The standard InChI is InChI=1S/C14H25NO4.C4H8.CH4/c1-6-7-14(11(16)18-5)8-9-15(10-14)12(17)19-13(2,3)4;1-3-4-2;/h6-10H2,1-5H3;3-4H,1-2H3;1H4/b;4-3-;. The molecule has 1 saturated heterocycles. The number of methoxy groups -OCH3 is 1. The number of ether oxygens (including phenoxy) is 2. The van der Waals surface area contributed by atoms with E-state index in [1.807, 2.05) is 53.7 Å². The average molecular weight is 344 g/mol. The maximum absolute atomic E-state index is 12.0. The minimum absolute atomic E-state index is 0. The minimum atomic E-state index is -0.555. The molecule has 5 heteroatoms. The number of hydrogen-bond acceptors (Lipinski definition) is 4. The smallest absolute Gasteiger partial charge is 0.410 e. The molecule has 0 N–H and O–H groups in total. The van der Waals surface area contributed by atoms with Crippen molar-refractivity contribution in [3.05, 3.63) is 12.2 Å². The van der Waals surface area contributed by atoms with Crippen LogP contribution in [0.2, 0.25) is 0 Å². The van der Waals surface area contributed by atoms with E-state index >= 15 is 0 Å². The Balaban J connectivity index is 0. The van der Waals surface area contributed by atoms with Crippen LogP contribution in [0, 0.1) is 5.41 Å². The Morgan fingerprint density at radius 3 is 2.12 bits per heavy atom. The van der Waals surface area contributed by atoms with E-state index in [2.05, 4.69) is 0 Å². The van der Waals surface area contributed by atoms with Crippen LogP contribution in [0.4, 0.5) is 4.79 Å². The zero-order valence-electron chi connectivity index (χ0n) is 15.8. The lowest BCUT2D eigenvalue weighted by Gasteiger charge is -2.27. The number of rotatable bonds is 3. The second-order valence-electron chi connectivity index (χ2n) is 6.84. The molecule has 1 heterocycles. The Morgan fingerprint density at radius 1 is 1.21 bits per heavy atom. The van der Waals surface area contributed by atoms with E-state index in [-0.39, 0.29) is 19.5 Å². The molecule has 0 bridgehead atoms. The van der Waals surface area contributed by atoms with Gasteiger partial charge in [-0.15, -0.1) is 0 Å². The molecule has 0 aromatic heterocycles. The van der Waals surface area contributed by atoms with Crippen LogP contribution >= 0.6 is 0 Å². The van der Waals surface area contributed by atoms with E-state index in [0.29, 0.717) is 19.5 Å². The van der Waals surface area contributed by atoms with Gasteiger partial charge in [-0.1, -0.05) is 32.9 Å². The first-order chi connectivity index (χ1) is 10.7. The van der Waals surface area contributed by atoms with Crippen LogP contribution in [0.15, 0.2) is 12.2 Å². The van der Waals surface area contributed by atoms with Crippen LogP contribution in [0.5, 0.6) is 0 Å². The van der Waals surface area contributed by atoms with Crippen molar-refractivity contribution in [2.24, 2.45) is 5.41 Å². The molecule has 1 fully saturated rings. The fourth-order valence-electron chi connectivity index (χ4n) is 2.52. The van der Waals surface area contributed by atoms with Crippen molar-refractivity contribution in [2.45, 2.75) is 73.8 Å². The minimum Gasteiger partial charge on any atom is -0.469 e. The molecule has 1 unspecified atom stereocenters. The molecule has 1 amide bonds. The largest absolute Gasteiger partial charge is 0.469 e. The van der Waals surface area contributed by atoms with E-state index in [4.69, 9.17) is 9.47 Å². The molecular weight excluding hydrogens is 306 g/mol. The molecule has 0 saturated carbocycles. The maximum Gasteiger partial charge on any atom is 0.410 e. The van der Waals surface area contributed by atoms with Gasteiger partial charge in [0, 0.05) is 13.1 Å². The molecule has 1 aliphatic rings. The summed E-state index contributed by atoms with van der Waals surface area (Å²) in [7, 11) is 1.40. The lowest BCUT2D eigenvalue weighted by Crippen LogP contribution is -2.40. The Hall–Kier alpha value is -1.52. The highest BCUT2D eigenvalue weighted by atomic mass is 16.6. The average Bonchev–Trinajstić information content (AvgIpc) is 2.91. The molecule has 0 radical (unpaired) electrons. The van der Waals surface area contributed by atoms with E-state index in [9.17, 15) is 9.59 Å². The van der Waals surface area contributed by atoms with Gasteiger partial charge >= 0.3 is 12.1 Å². The second-order valence-corrected chi connectivity index (χ2v) is 6.84. The van der Waals surface area contributed by atoms with Gasteiger partial charge in [0.05, 0.1) is 12.5 Å². The first kappa shape index (κ1) is 24.7. The Labute approximate surface area is 148 Å². The van der Waals surface area contributed by atoms with Gasteiger partial charge in [-0.2, -0.15) is 0 Å². The zero-order valence-corrected chi connectivity index (χ0v) is 15.8. The summed E-state index contributed by atoms with van der Waals surface area (Å²) in [5.74, 6) is -0.222. The van der Waals surface area contributed by atoms with Gasteiger partial charge in [-0.05, 0) is 47.5 Å². The molecule has 1 rings (SSSR count). The van der Waals surface area contributed by atoms with Crippen LogP contribution in [0.25, 0.3) is 0 Å². The van der Waals surface area contributed by atoms with Crippen LogP contribution in [0.3, 0.4) is 0 Å². The van der Waals surface area contributed by atoms with Crippen molar-refractivity contribution in [2.75, 3.05) is 20.2 Å². The zero-order chi connectivity index (χ0) is 18.1. The van der Waals surface area contributed by atoms with Crippen molar-refractivity contribution < 1.29 is 19.1 Å². The van der Waals surface area contributed by atoms with Crippen molar-refractivity contribution in [1.82, 2.24) is 4.90 Å². The molecule has 5 nitrogen and oxygen atoms in total. The van der Waals surface area contributed by atoms with Gasteiger partial charge in [0.15, 0.2) is 0 Å². The predicted octanol–water partition coefficient (Wildman–Crippen LogP) is 4.81. The highest BCUT2D eigenvalue weighted by molar-refractivity contribution is 5.79. The van der Waals surface area contributed by atoms with E-state index in [1.165, 1.54) is 7.11 Å². The molecule has 1 atom stereocenters. The van der Waals surface area contributed by atoms with Gasteiger partial charge in [-0.25, -0.2) is 4.79 Å². The maximum atomic E-state index is 12.0. The molecule has 0 aromatic rings. The lowest BCUT2D eigenvalue weighted by atomic mass is 9.82. The summed E-state index contributed by atoms with van der Waals surface area (Å²) in [6.45, 7) is 12.5. The Morgan fingerprint density at radius 2 is 1.75 bits per heavy atom. The summed E-state index contributed by atoms with van der Waals surface area (Å²) in [6, 6.07) is 0. The third-order valence-electron chi connectivity index (χ3n) is 3.69. The third kappa shape index (κ3) is 7.84. The van der Waals surface area contributed by atoms with Gasteiger partial charge < -0.3 is 14.4 Å². The monoisotopic (exact) mass is 343 g/mol. The molecule has 24 heavy (non-hydrogen) atoms. The fraction of sp³-hybridized carbons (Fsp3) is 0.789. The number of carbonyl (C=O) groups excluding carboxylic acids is 2. The number of amides is 1. The number of nitrogens with zero attached hydrogens (tertiary/aromatic N) is 1. The summed E-state index contributed by atoms with van der Waals surface area (Å²) in [5.41, 5.74) is -1.07. The van der Waals surface area contributed by atoms with Gasteiger partial charge in [0.25, 0.3) is 0 Å². The Bertz CT molecular complexity index is 408. The van der Waals surface area contributed by atoms with Crippen LogP contribution in [0.1, 0.15) is 68.2 Å². The first-order valence-electron chi connectivity index (χ1n) is 8.29. The highest BCUT2D eigenvalue weighted by Crippen LogP contribution is 2.37. The number of hydrogen-bond donors (Lipinski definition) is 0. The first-order valence-corrected chi connectivity index (χ1v) is 8.29. The summed E-state index contributed by atoms with van der Waals surface area (Å²) in [4.78, 5) is 25.6. The van der Waals surface area contributed by atoms with Gasteiger partial charge in [-0.3, -0.25) is 4.79 Å². The summed E-state index contributed by atoms with van der Waals surface area (Å²) in [6.07, 6.45) is 5.91. The topological polar surface area (TPSA) is 55.8 Å². The quantitative estimate of drug-likeness (QED) is 0.545. The summed E-state index contributed by atoms with van der Waals surface area (Å²) < 4.78 is 10.2. The number of allylic oxidation sites excluding steroid dienone is 2. The second kappa shape index (κ2) is 11.1. The molecule has 1 aliphatic heterocycles. The van der Waals surface area contributed by atoms with Crippen LogP contribution < -0.4 is 0 Å². The van der Waals surface area contributed by atoms with Crippen molar-refractivity contribution in [3.8, 4) is 0 Å². The number of likely N-dealkylation sites (tertiary alicyclic amines) is 1. The fourth-order valence-corrected chi connectivity index (χ4v) is 2.52. The number of esters is 1. The normalized spacial score (nSPS) is 20.0. The van der Waals surface area contributed by atoms with Crippen LogP contribution in [-0.2, 0) is 14.3 Å². The predicted molar refractivity (Wildman–Crippen MR) is 99.0 cm³/mol. The highest BCUT2D eigenvalue weighted by Gasteiger charge is 2.47. The molecule has 0 aliphatic carbocycles. The van der Waals surface area contributed by atoms with E-state index < -0.39 is 11.0 Å². The van der Waals surface area contributed by atoms with Crippen molar-refractivity contribution >= 4 is 12.1 Å². The van der Waals surface area contributed by atoms with Gasteiger partial charge in [0.1, 0.15) is 5.60 Å². The molecule has 142 valence electrons. The van der Waals surface area contributed by atoms with E-state index in [1.54, 1.807) is 4.90 Å². The van der Waals surface area contributed by atoms with Crippen molar-refractivity contribution in [3.63, 3.8) is 0 Å². The Kier molecular flexibility index (Phi) is 11.4. The molecular formula is C19H37NO4. The molecule has 0 spiro atoms. The number of carbonyl (C=O) groups is 2. The summed E-state index contributed by atoms with van der Waals surface area (Å²) >= 11 is 0. The van der Waals surface area contributed by atoms with Crippen molar-refractivity contribution in [1.29, 1.82) is 0 Å². The van der Waals surface area contributed by atoms with Gasteiger partial charge in [0.2, 0.25) is 0 Å². The lowest BCUT2D eigenvalue weighted by molar-refractivity contribution is -0.152. The SMILES string of the molecule is C.C/C=C\C.CCCC1(C(=O)OC)CCN(C(=O)OC(C)(C)C)C1.